The number of rotatable bonds is 3. The SMILES string of the molecule is Cc1nc(N(C)C)cc(N2CCN(C(=O)Nc3ccccc3C(F)(F)F)CC2)n1. The van der Waals surface area contributed by atoms with E-state index in [-0.39, 0.29) is 5.69 Å². The summed E-state index contributed by atoms with van der Waals surface area (Å²) in [6, 6.07) is 6.29. The van der Waals surface area contributed by atoms with Gasteiger partial charge in [-0.3, -0.25) is 0 Å². The molecule has 2 amide bonds. The first kappa shape index (κ1) is 20.7. The maximum absolute atomic E-state index is 13.1. The van der Waals surface area contributed by atoms with Gasteiger partial charge in [0.2, 0.25) is 0 Å². The van der Waals surface area contributed by atoms with Crippen LogP contribution in [0.1, 0.15) is 11.4 Å². The number of nitrogens with zero attached hydrogens (tertiary/aromatic N) is 5. The summed E-state index contributed by atoms with van der Waals surface area (Å²) in [7, 11) is 3.79. The summed E-state index contributed by atoms with van der Waals surface area (Å²) in [5, 5.41) is 2.39. The van der Waals surface area contributed by atoms with Crippen LogP contribution in [0.15, 0.2) is 30.3 Å². The number of aryl methyl sites for hydroxylation is 1. The highest BCUT2D eigenvalue weighted by molar-refractivity contribution is 5.90. The number of carbonyl (C=O) groups excluding carboxylic acids is 1. The van der Waals surface area contributed by atoms with Crippen molar-refractivity contribution in [2.45, 2.75) is 13.1 Å². The van der Waals surface area contributed by atoms with E-state index in [1.54, 1.807) is 0 Å². The number of nitrogens with one attached hydrogen (secondary N) is 1. The summed E-state index contributed by atoms with van der Waals surface area (Å²) in [5.74, 6) is 2.20. The third-order valence-corrected chi connectivity index (χ3v) is 4.63. The Bertz CT molecular complexity index is 878. The summed E-state index contributed by atoms with van der Waals surface area (Å²) in [6.07, 6.45) is -4.53. The van der Waals surface area contributed by atoms with Crippen molar-refractivity contribution in [1.29, 1.82) is 0 Å². The predicted molar refractivity (Wildman–Crippen MR) is 105 cm³/mol. The number of halogens is 3. The van der Waals surface area contributed by atoms with Crippen molar-refractivity contribution in [2.24, 2.45) is 0 Å². The van der Waals surface area contributed by atoms with Crippen LogP contribution in [0, 0.1) is 6.92 Å². The van der Waals surface area contributed by atoms with E-state index in [1.807, 2.05) is 36.9 Å². The van der Waals surface area contributed by atoms with E-state index in [9.17, 15) is 18.0 Å². The molecule has 1 aromatic heterocycles. The molecule has 0 radical (unpaired) electrons. The number of para-hydroxylation sites is 1. The molecule has 10 heteroatoms. The summed E-state index contributed by atoms with van der Waals surface area (Å²) >= 11 is 0. The van der Waals surface area contributed by atoms with Crippen molar-refractivity contribution in [1.82, 2.24) is 14.9 Å². The van der Waals surface area contributed by atoms with Crippen molar-refractivity contribution in [3.8, 4) is 0 Å². The number of hydrogen-bond acceptors (Lipinski definition) is 5. The first-order chi connectivity index (χ1) is 13.6. The molecule has 0 saturated carbocycles. The van der Waals surface area contributed by atoms with Gasteiger partial charge >= 0.3 is 12.2 Å². The van der Waals surface area contributed by atoms with E-state index >= 15 is 0 Å². The van der Waals surface area contributed by atoms with Gasteiger partial charge in [0.25, 0.3) is 0 Å². The highest BCUT2D eigenvalue weighted by atomic mass is 19.4. The molecule has 1 N–H and O–H groups in total. The normalized spacial score (nSPS) is 14.7. The van der Waals surface area contributed by atoms with Crippen LogP contribution in [-0.4, -0.2) is 61.2 Å². The highest BCUT2D eigenvalue weighted by Gasteiger charge is 2.34. The maximum Gasteiger partial charge on any atom is 0.418 e. The Morgan fingerprint density at radius 2 is 1.76 bits per heavy atom. The van der Waals surface area contributed by atoms with Crippen LogP contribution in [0.2, 0.25) is 0 Å². The number of piperazine rings is 1. The molecule has 3 rings (SSSR count). The average molecular weight is 408 g/mol. The molecule has 156 valence electrons. The van der Waals surface area contributed by atoms with Crippen molar-refractivity contribution >= 4 is 23.4 Å². The van der Waals surface area contributed by atoms with E-state index in [4.69, 9.17) is 0 Å². The predicted octanol–water partition coefficient (Wildman–Crippen LogP) is 3.22. The Morgan fingerprint density at radius 1 is 1.10 bits per heavy atom. The van der Waals surface area contributed by atoms with Crippen molar-refractivity contribution in [3.05, 3.63) is 41.7 Å². The minimum absolute atomic E-state index is 0.241. The molecule has 0 aliphatic carbocycles. The van der Waals surface area contributed by atoms with Gasteiger partial charge in [-0.2, -0.15) is 13.2 Å². The molecule has 1 aliphatic rings. The quantitative estimate of drug-likeness (QED) is 0.845. The molecule has 29 heavy (non-hydrogen) atoms. The Hall–Kier alpha value is -3.04. The van der Waals surface area contributed by atoms with Gasteiger partial charge < -0.3 is 20.0 Å². The van der Waals surface area contributed by atoms with Crippen molar-refractivity contribution < 1.29 is 18.0 Å². The number of amides is 2. The van der Waals surface area contributed by atoms with E-state index < -0.39 is 17.8 Å². The molecule has 2 heterocycles. The number of urea groups is 1. The molecule has 2 aromatic rings. The van der Waals surface area contributed by atoms with Crippen LogP contribution in [0.3, 0.4) is 0 Å². The van der Waals surface area contributed by atoms with Crippen LogP contribution in [0.5, 0.6) is 0 Å². The zero-order chi connectivity index (χ0) is 21.2. The smallest absolute Gasteiger partial charge is 0.363 e. The van der Waals surface area contributed by atoms with Crippen LogP contribution in [0.4, 0.5) is 35.3 Å². The first-order valence-electron chi connectivity index (χ1n) is 9.15. The number of hydrogen-bond donors (Lipinski definition) is 1. The number of alkyl halides is 3. The summed E-state index contributed by atoms with van der Waals surface area (Å²) in [4.78, 5) is 26.7. The van der Waals surface area contributed by atoms with E-state index in [2.05, 4.69) is 15.3 Å². The Balaban J connectivity index is 1.65. The number of anilines is 3. The third kappa shape index (κ3) is 4.87. The summed E-state index contributed by atoms with van der Waals surface area (Å²) in [6.45, 7) is 3.62. The Kier molecular flexibility index (Phi) is 5.81. The van der Waals surface area contributed by atoms with Crippen LogP contribution in [-0.2, 0) is 6.18 Å². The highest BCUT2D eigenvalue weighted by Crippen LogP contribution is 2.34. The molecule has 0 atom stereocenters. The van der Waals surface area contributed by atoms with Crippen molar-refractivity contribution in [2.75, 3.05) is 55.4 Å². The molecule has 1 aliphatic heterocycles. The maximum atomic E-state index is 13.1. The molecule has 0 unspecified atom stereocenters. The van der Waals surface area contributed by atoms with E-state index in [0.717, 1.165) is 17.7 Å². The molecule has 1 aromatic carbocycles. The zero-order valence-corrected chi connectivity index (χ0v) is 16.5. The number of carbonyl (C=O) groups is 1. The lowest BCUT2D eigenvalue weighted by atomic mass is 10.1. The second-order valence-corrected chi connectivity index (χ2v) is 6.97. The lowest BCUT2D eigenvalue weighted by Crippen LogP contribution is -2.50. The summed E-state index contributed by atoms with van der Waals surface area (Å²) < 4.78 is 39.3. The fourth-order valence-electron chi connectivity index (χ4n) is 3.10. The van der Waals surface area contributed by atoms with Crippen LogP contribution >= 0.6 is 0 Å². The van der Waals surface area contributed by atoms with Gasteiger partial charge in [-0.15, -0.1) is 0 Å². The van der Waals surface area contributed by atoms with Crippen LogP contribution in [0.25, 0.3) is 0 Å². The van der Waals surface area contributed by atoms with Gasteiger partial charge in [-0.05, 0) is 19.1 Å². The van der Waals surface area contributed by atoms with Gasteiger partial charge in [-0.1, -0.05) is 12.1 Å². The Morgan fingerprint density at radius 3 is 2.38 bits per heavy atom. The van der Waals surface area contributed by atoms with Gasteiger partial charge in [0.05, 0.1) is 11.3 Å². The Labute approximate surface area is 167 Å². The van der Waals surface area contributed by atoms with Gasteiger partial charge in [0.1, 0.15) is 17.5 Å². The third-order valence-electron chi connectivity index (χ3n) is 4.63. The molecular weight excluding hydrogens is 385 g/mol. The zero-order valence-electron chi connectivity index (χ0n) is 16.5. The summed E-state index contributed by atoms with van der Waals surface area (Å²) in [5.41, 5.74) is -1.10. The fourth-order valence-corrected chi connectivity index (χ4v) is 3.10. The molecule has 1 saturated heterocycles. The standard InChI is InChI=1S/C19H23F3N6O/c1-13-23-16(26(2)3)12-17(24-13)27-8-10-28(11-9-27)18(29)25-15-7-5-4-6-14(15)19(20,21)22/h4-7,12H,8-11H2,1-3H3,(H,25,29). The molecule has 0 bridgehead atoms. The molecule has 1 fully saturated rings. The first-order valence-corrected chi connectivity index (χ1v) is 9.15. The molecular formula is C19H23F3N6O. The number of benzene rings is 1. The van der Waals surface area contributed by atoms with Gasteiger partial charge in [-0.25, -0.2) is 14.8 Å². The second kappa shape index (κ2) is 8.14. The topological polar surface area (TPSA) is 64.6 Å². The minimum Gasteiger partial charge on any atom is -0.363 e. The lowest BCUT2D eigenvalue weighted by molar-refractivity contribution is -0.136. The molecule has 7 nitrogen and oxygen atoms in total. The fraction of sp³-hybridized carbons (Fsp3) is 0.421. The van der Waals surface area contributed by atoms with E-state index in [1.165, 1.54) is 23.1 Å². The number of aromatic nitrogens is 2. The van der Waals surface area contributed by atoms with Gasteiger partial charge in [0, 0.05) is 46.3 Å². The monoisotopic (exact) mass is 408 g/mol. The largest absolute Gasteiger partial charge is 0.418 e. The van der Waals surface area contributed by atoms with Crippen LogP contribution < -0.4 is 15.1 Å². The average Bonchev–Trinajstić information content (AvgIpc) is 2.67. The minimum atomic E-state index is -4.53. The van der Waals surface area contributed by atoms with E-state index in [0.29, 0.717) is 32.0 Å². The van der Waals surface area contributed by atoms with Gasteiger partial charge in [0.15, 0.2) is 0 Å². The lowest BCUT2D eigenvalue weighted by Gasteiger charge is -2.35. The second-order valence-electron chi connectivity index (χ2n) is 6.97. The van der Waals surface area contributed by atoms with Crippen molar-refractivity contribution in [3.63, 3.8) is 0 Å². The molecule has 0 spiro atoms.